The fraction of sp³-hybridized carbons (Fsp3) is 0.250. The number of esters is 1. The maximum absolute atomic E-state index is 11.8. The largest absolute Gasteiger partial charge is 0.461 e. The maximum Gasteiger partial charge on any atom is 0.408 e. The summed E-state index contributed by atoms with van der Waals surface area (Å²) in [5.74, 6) is -0.430. The van der Waals surface area contributed by atoms with Gasteiger partial charge >= 0.3 is 12.1 Å². The lowest BCUT2D eigenvalue weighted by molar-refractivity contribution is -0.145. The molecule has 0 spiro atoms. The van der Waals surface area contributed by atoms with E-state index in [1.807, 2.05) is 60.7 Å². The summed E-state index contributed by atoms with van der Waals surface area (Å²) in [6.45, 7) is 0.287. The first-order valence-electron chi connectivity index (χ1n) is 8.29. The van der Waals surface area contributed by atoms with Crippen LogP contribution < -0.4 is 5.32 Å². The zero-order valence-corrected chi connectivity index (χ0v) is 14.3. The molecule has 1 N–H and O–H groups in total. The van der Waals surface area contributed by atoms with Crippen molar-refractivity contribution in [2.75, 3.05) is 0 Å². The molecule has 26 heavy (non-hydrogen) atoms. The van der Waals surface area contributed by atoms with E-state index in [4.69, 9.17) is 9.47 Å². The summed E-state index contributed by atoms with van der Waals surface area (Å²) in [6.07, 6.45) is 0.0460. The van der Waals surface area contributed by atoms with Crippen molar-refractivity contribution in [1.29, 1.82) is 0 Å². The third kappa shape index (κ3) is 7.17. The zero-order valence-electron chi connectivity index (χ0n) is 14.3. The highest BCUT2D eigenvalue weighted by Gasteiger charge is 2.15. The van der Waals surface area contributed by atoms with Crippen LogP contribution in [-0.2, 0) is 32.3 Å². The fourth-order valence-corrected chi connectivity index (χ4v) is 2.17. The van der Waals surface area contributed by atoms with Crippen molar-refractivity contribution in [2.24, 2.45) is 0 Å². The van der Waals surface area contributed by atoms with Gasteiger partial charge in [0.05, 0.1) is 6.04 Å². The molecule has 0 bridgehead atoms. The van der Waals surface area contributed by atoms with Crippen LogP contribution in [0.5, 0.6) is 0 Å². The summed E-state index contributed by atoms with van der Waals surface area (Å²) < 4.78 is 10.2. The Kier molecular flexibility index (Phi) is 7.86. The van der Waals surface area contributed by atoms with Crippen molar-refractivity contribution < 1.29 is 23.9 Å². The molecule has 0 radical (unpaired) electrons. The molecule has 0 aromatic heterocycles. The average molecular weight is 355 g/mol. The van der Waals surface area contributed by atoms with Gasteiger partial charge in [0.2, 0.25) is 0 Å². The number of hydrogen-bond donors (Lipinski definition) is 1. The molecule has 0 aliphatic rings. The second-order valence-corrected chi connectivity index (χ2v) is 5.63. The van der Waals surface area contributed by atoms with E-state index >= 15 is 0 Å². The first-order valence-corrected chi connectivity index (χ1v) is 8.29. The summed E-state index contributed by atoms with van der Waals surface area (Å²) >= 11 is 0. The smallest absolute Gasteiger partial charge is 0.408 e. The molecular weight excluding hydrogens is 334 g/mol. The molecule has 2 aromatic rings. The summed E-state index contributed by atoms with van der Waals surface area (Å²) in [4.78, 5) is 34.6. The van der Waals surface area contributed by atoms with Gasteiger partial charge in [-0.15, -0.1) is 0 Å². The van der Waals surface area contributed by atoms with Crippen molar-refractivity contribution in [1.82, 2.24) is 5.32 Å². The summed E-state index contributed by atoms with van der Waals surface area (Å²) in [5.41, 5.74) is 1.73. The molecule has 0 saturated carbocycles. The van der Waals surface area contributed by atoms with Gasteiger partial charge in [-0.3, -0.25) is 4.79 Å². The van der Waals surface area contributed by atoms with Crippen LogP contribution in [0.2, 0.25) is 0 Å². The van der Waals surface area contributed by atoms with Gasteiger partial charge in [0.1, 0.15) is 19.5 Å². The molecule has 2 rings (SSSR count). The van der Waals surface area contributed by atoms with Crippen LogP contribution in [0.1, 0.15) is 24.0 Å². The van der Waals surface area contributed by atoms with Crippen molar-refractivity contribution in [3.8, 4) is 0 Å². The molecule has 1 atom stereocenters. The Hall–Kier alpha value is -3.15. The number of ether oxygens (including phenoxy) is 2. The minimum absolute atomic E-state index is 0.0230. The SMILES string of the molecule is O=C[C@H](CCC(=O)OCc1ccccc1)NC(=O)OCc1ccccc1. The Morgan fingerprint density at radius 1 is 0.885 bits per heavy atom. The minimum Gasteiger partial charge on any atom is -0.461 e. The zero-order chi connectivity index (χ0) is 18.6. The highest BCUT2D eigenvalue weighted by Crippen LogP contribution is 2.05. The molecule has 0 saturated heterocycles. The van der Waals surface area contributed by atoms with E-state index in [-0.39, 0.29) is 26.1 Å². The lowest BCUT2D eigenvalue weighted by atomic mass is 10.2. The maximum atomic E-state index is 11.8. The number of aldehydes is 1. The summed E-state index contributed by atoms with van der Waals surface area (Å²) in [7, 11) is 0. The lowest BCUT2D eigenvalue weighted by Crippen LogP contribution is -2.36. The molecule has 0 heterocycles. The van der Waals surface area contributed by atoms with Crippen molar-refractivity contribution in [3.05, 3.63) is 71.8 Å². The predicted octanol–water partition coefficient (Wildman–Crippen LogP) is 3.00. The molecule has 136 valence electrons. The number of hydrogen-bond acceptors (Lipinski definition) is 5. The Morgan fingerprint density at radius 3 is 1.96 bits per heavy atom. The highest BCUT2D eigenvalue weighted by molar-refractivity contribution is 5.74. The van der Waals surface area contributed by atoms with E-state index in [2.05, 4.69) is 5.32 Å². The molecule has 0 fully saturated rings. The van der Waals surface area contributed by atoms with E-state index in [9.17, 15) is 14.4 Å². The molecule has 1 amide bonds. The third-order valence-electron chi connectivity index (χ3n) is 3.58. The number of carbonyl (C=O) groups excluding carboxylic acids is 3. The summed E-state index contributed by atoms with van der Waals surface area (Å²) in [6, 6.07) is 17.7. The normalized spacial score (nSPS) is 11.2. The molecule has 0 aliphatic carbocycles. The first-order chi connectivity index (χ1) is 12.7. The predicted molar refractivity (Wildman–Crippen MR) is 95.1 cm³/mol. The van der Waals surface area contributed by atoms with Crippen LogP contribution >= 0.6 is 0 Å². The molecule has 2 aromatic carbocycles. The van der Waals surface area contributed by atoms with Crippen molar-refractivity contribution >= 4 is 18.3 Å². The second kappa shape index (κ2) is 10.7. The van der Waals surface area contributed by atoms with E-state index in [1.165, 1.54) is 0 Å². The van der Waals surface area contributed by atoms with Gasteiger partial charge in [-0.25, -0.2) is 4.79 Å². The van der Waals surface area contributed by atoms with Crippen molar-refractivity contribution in [3.63, 3.8) is 0 Å². The van der Waals surface area contributed by atoms with Gasteiger partial charge in [-0.05, 0) is 17.5 Å². The Balaban J connectivity index is 1.66. The topological polar surface area (TPSA) is 81.7 Å². The van der Waals surface area contributed by atoms with E-state index < -0.39 is 18.1 Å². The van der Waals surface area contributed by atoms with Crippen LogP contribution in [0.15, 0.2) is 60.7 Å². The van der Waals surface area contributed by atoms with Gasteiger partial charge in [-0.1, -0.05) is 60.7 Å². The van der Waals surface area contributed by atoms with Gasteiger partial charge in [0, 0.05) is 6.42 Å². The van der Waals surface area contributed by atoms with Gasteiger partial charge in [0.15, 0.2) is 0 Å². The Bertz CT molecular complexity index is 703. The number of nitrogens with one attached hydrogen (secondary N) is 1. The molecule has 0 unspecified atom stereocenters. The fourth-order valence-electron chi connectivity index (χ4n) is 2.17. The van der Waals surface area contributed by atoms with E-state index in [0.29, 0.717) is 6.29 Å². The highest BCUT2D eigenvalue weighted by atomic mass is 16.5. The number of carbonyl (C=O) groups is 3. The van der Waals surface area contributed by atoms with Gasteiger partial charge in [-0.2, -0.15) is 0 Å². The number of alkyl carbamates (subject to hydrolysis) is 1. The minimum atomic E-state index is -0.803. The molecular formula is C20H21NO5. The molecule has 0 aliphatic heterocycles. The second-order valence-electron chi connectivity index (χ2n) is 5.63. The Morgan fingerprint density at radius 2 is 1.42 bits per heavy atom. The van der Waals surface area contributed by atoms with Crippen molar-refractivity contribution in [2.45, 2.75) is 32.1 Å². The first kappa shape index (κ1) is 19.2. The number of rotatable bonds is 9. The van der Waals surface area contributed by atoms with E-state index in [1.54, 1.807) is 0 Å². The van der Waals surface area contributed by atoms with E-state index in [0.717, 1.165) is 11.1 Å². The van der Waals surface area contributed by atoms with Crippen LogP contribution in [0.25, 0.3) is 0 Å². The van der Waals surface area contributed by atoms with Gasteiger partial charge in [0.25, 0.3) is 0 Å². The third-order valence-corrected chi connectivity index (χ3v) is 3.58. The monoisotopic (exact) mass is 355 g/mol. The lowest BCUT2D eigenvalue weighted by Gasteiger charge is -2.13. The molecule has 6 nitrogen and oxygen atoms in total. The molecule has 6 heteroatoms. The van der Waals surface area contributed by atoms with Gasteiger partial charge < -0.3 is 19.6 Å². The standard InChI is InChI=1S/C20H21NO5/c22-13-18(21-20(24)26-15-17-9-5-2-6-10-17)11-12-19(23)25-14-16-7-3-1-4-8-16/h1-10,13,18H,11-12,14-15H2,(H,21,24)/t18-/m0/s1. The van der Waals surface area contributed by atoms with Crippen LogP contribution in [-0.4, -0.2) is 24.4 Å². The number of amides is 1. The van der Waals surface area contributed by atoms with Crippen LogP contribution in [0, 0.1) is 0 Å². The summed E-state index contributed by atoms with van der Waals surface area (Å²) in [5, 5.41) is 2.43. The average Bonchev–Trinajstić information content (AvgIpc) is 2.69. The Labute approximate surface area is 152 Å². The van der Waals surface area contributed by atoms with Crippen LogP contribution in [0.4, 0.5) is 4.79 Å². The number of benzene rings is 2. The van der Waals surface area contributed by atoms with Crippen LogP contribution in [0.3, 0.4) is 0 Å². The quantitative estimate of drug-likeness (QED) is 0.552.